The maximum absolute atomic E-state index is 12.9. The van der Waals surface area contributed by atoms with E-state index in [4.69, 9.17) is 5.73 Å². The Balaban J connectivity index is 2.22. The van der Waals surface area contributed by atoms with Gasteiger partial charge in [0.15, 0.2) is 0 Å². The maximum atomic E-state index is 12.9. The molecule has 0 aliphatic heterocycles. The molecule has 0 spiro atoms. The number of hydrogen-bond acceptors (Lipinski definition) is 3. The molecule has 2 rings (SSSR count). The van der Waals surface area contributed by atoms with Gasteiger partial charge in [0.05, 0.1) is 5.92 Å². The Hall–Kier alpha value is -2.66. The van der Waals surface area contributed by atoms with Crippen molar-refractivity contribution < 1.29 is 14.7 Å². The average molecular weight is 340 g/mol. The second-order valence-corrected chi connectivity index (χ2v) is 5.94. The van der Waals surface area contributed by atoms with Crippen molar-refractivity contribution in [3.8, 4) is 0 Å². The molecular weight excluding hydrogens is 316 g/mol. The lowest BCUT2D eigenvalue weighted by molar-refractivity contribution is -0.142. The standard InChI is InChI=1S/C20H24N2O3/c21-14-8-7-13-17(20(24)25)22-19(23)18(15-9-3-1-4-10-15)16-11-5-2-6-12-16/h1-6,9-12,17-18H,7-8,13-14,21H2,(H,22,23)(H,24,25). The van der Waals surface area contributed by atoms with E-state index < -0.39 is 17.9 Å². The van der Waals surface area contributed by atoms with E-state index in [1.807, 2.05) is 60.7 Å². The highest BCUT2D eigenvalue weighted by atomic mass is 16.4. The first-order valence-electron chi connectivity index (χ1n) is 8.46. The second kappa shape index (κ2) is 9.59. The zero-order valence-electron chi connectivity index (χ0n) is 14.1. The smallest absolute Gasteiger partial charge is 0.326 e. The van der Waals surface area contributed by atoms with Gasteiger partial charge in [0.2, 0.25) is 5.91 Å². The van der Waals surface area contributed by atoms with E-state index in [-0.39, 0.29) is 5.91 Å². The highest BCUT2D eigenvalue weighted by Gasteiger charge is 2.27. The van der Waals surface area contributed by atoms with Gasteiger partial charge in [0, 0.05) is 0 Å². The molecule has 0 aliphatic carbocycles. The Morgan fingerprint density at radius 3 is 1.88 bits per heavy atom. The lowest BCUT2D eigenvalue weighted by Gasteiger charge is -2.21. The highest BCUT2D eigenvalue weighted by Crippen LogP contribution is 2.25. The van der Waals surface area contributed by atoms with Crippen LogP contribution in [-0.2, 0) is 9.59 Å². The van der Waals surface area contributed by atoms with Gasteiger partial charge < -0.3 is 16.2 Å². The predicted molar refractivity (Wildman–Crippen MR) is 97.2 cm³/mol. The van der Waals surface area contributed by atoms with Crippen LogP contribution in [-0.4, -0.2) is 29.6 Å². The van der Waals surface area contributed by atoms with E-state index in [9.17, 15) is 14.7 Å². The van der Waals surface area contributed by atoms with E-state index in [0.717, 1.165) is 17.5 Å². The Morgan fingerprint density at radius 1 is 0.920 bits per heavy atom. The van der Waals surface area contributed by atoms with Gasteiger partial charge in [-0.3, -0.25) is 4.79 Å². The zero-order chi connectivity index (χ0) is 18.1. The Kier molecular flexibility index (Phi) is 7.16. The summed E-state index contributed by atoms with van der Waals surface area (Å²) in [5, 5.41) is 12.1. The van der Waals surface area contributed by atoms with E-state index >= 15 is 0 Å². The Morgan fingerprint density at radius 2 is 1.44 bits per heavy atom. The van der Waals surface area contributed by atoms with Crippen molar-refractivity contribution >= 4 is 11.9 Å². The number of rotatable bonds is 9. The summed E-state index contributed by atoms with van der Waals surface area (Å²) in [6.07, 6.45) is 1.77. The molecule has 2 aromatic carbocycles. The van der Waals surface area contributed by atoms with Gasteiger partial charge in [-0.25, -0.2) is 4.79 Å². The number of carboxylic acid groups (broad SMARTS) is 1. The van der Waals surface area contributed by atoms with Crippen LogP contribution in [0.5, 0.6) is 0 Å². The molecule has 0 fully saturated rings. The summed E-state index contributed by atoms with van der Waals surface area (Å²) < 4.78 is 0. The van der Waals surface area contributed by atoms with Crippen LogP contribution >= 0.6 is 0 Å². The van der Waals surface area contributed by atoms with Gasteiger partial charge in [-0.2, -0.15) is 0 Å². The number of carbonyl (C=O) groups excluding carboxylic acids is 1. The Labute approximate surface area is 147 Å². The molecular formula is C20H24N2O3. The lowest BCUT2D eigenvalue weighted by atomic mass is 9.90. The lowest BCUT2D eigenvalue weighted by Crippen LogP contribution is -2.43. The second-order valence-electron chi connectivity index (χ2n) is 5.94. The molecule has 0 aromatic heterocycles. The number of aliphatic carboxylic acids is 1. The monoisotopic (exact) mass is 340 g/mol. The fourth-order valence-corrected chi connectivity index (χ4v) is 2.79. The third-order valence-electron chi connectivity index (χ3n) is 4.09. The summed E-state index contributed by atoms with van der Waals surface area (Å²) in [7, 11) is 0. The molecule has 4 N–H and O–H groups in total. The van der Waals surface area contributed by atoms with E-state index in [0.29, 0.717) is 19.4 Å². The average Bonchev–Trinajstić information content (AvgIpc) is 2.63. The number of nitrogens with one attached hydrogen (secondary N) is 1. The van der Waals surface area contributed by atoms with E-state index in [1.165, 1.54) is 0 Å². The number of benzene rings is 2. The largest absolute Gasteiger partial charge is 0.480 e. The molecule has 0 bridgehead atoms. The van der Waals surface area contributed by atoms with Gasteiger partial charge in [0.1, 0.15) is 6.04 Å². The quantitative estimate of drug-likeness (QED) is 0.612. The molecule has 2 aromatic rings. The van der Waals surface area contributed by atoms with Gasteiger partial charge >= 0.3 is 5.97 Å². The summed E-state index contributed by atoms with van der Waals surface area (Å²) in [5.74, 6) is -1.87. The minimum absolute atomic E-state index is 0.308. The van der Waals surface area contributed by atoms with Gasteiger partial charge in [0.25, 0.3) is 0 Å². The molecule has 0 radical (unpaired) electrons. The number of carbonyl (C=O) groups is 2. The molecule has 25 heavy (non-hydrogen) atoms. The van der Waals surface area contributed by atoms with Crippen LogP contribution in [0.25, 0.3) is 0 Å². The molecule has 0 aliphatic rings. The van der Waals surface area contributed by atoms with E-state index in [2.05, 4.69) is 5.32 Å². The zero-order valence-corrected chi connectivity index (χ0v) is 14.1. The van der Waals surface area contributed by atoms with E-state index in [1.54, 1.807) is 0 Å². The van der Waals surface area contributed by atoms with Crippen molar-refractivity contribution in [2.45, 2.75) is 31.2 Å². The third kappa shape index (κ3) is 5.43. The van der Waals surface area contributed by atoms with Crippen molar-refractivity contribution in [3.05, 3.63) is 71.8 Å². The first-order chi connectivity index (χ1) is 12.1. The molecule has 132 valence electrons. The van der Waals surface area contributed by atoms with Gasteiger partial charge in [-0.15, -0.1) is 0 Å². The number of hydrogen-bond donors (Lipinski definition) is 3. The molecule has 0 saturated carbocycles. The van der Waals surface area contributed by atoms with Crippen LogP contribution in [0.2, 0.25) is 0 Å². The summed E-state index contributed by atoms with van der Waals surface area (Å²) in [6.45, 7) is 0.511. The molecule has 1 unspecified atom stereocenters. The summed E-state index contributed by atoms with van der Waals surface area (Å²) >= 11 is 0. The van der Waals surface area contributed by atoms with Crippen LogP contribution in [0, 0.1) is 0 Å². The van der Waals surface area contributed by atoms with Gasteiger partial charge in [-0.1, -0.05) is 60.7 Å². The van der Waals surface area contributed by atoms with Crippen molar-refractivity contribution in [2.75, 3.05) is 6.54 Å². The fraction of sp³-hybridized carbons (Fsp3) is 0.300. The first kappa shape index (κ1) is 18.7. The molecule has 5 heteroatoms. The first-order valence-corrected chi connectivity index (χ1v) is 8.46. The van der Waals surface area contributed by atoms with Crippen molar-refractivity contribution in [2.24, 2.45) is 5.73 Å². The molecule has 5 nitrogen and oxygen atoms in total. The maximum Gasteiger partial charge on any atom is 0.326 e. The summed E-state index contributed by atoms with van der Waals surface area (Å²) in [6, 6.07) is 17.8. The highest BCUT2D eigenvalue weighted by molar-refractivity contribution is 5.90. The summed E-state index contributed by atoms with van der Waals surface area (Å²) in [4.78, 5) is 24.4. The normalized spacial score (nSPS) is 11.9. The van der Waals surface area contributed by atoms with Crippen LogP contribution < -0.4 is 11.1 Å². The minimum Gasteiger partial charge on any atom is -0.480 e. The Bertz CT molecular complexity index is 634. The van der Waals surface area contributed by atoms with Crippen LogP contribution in [0.3, 0.4) is 0 Å². The minimum atomic E-state index is -1.02. The van der Waals surface area contributed by atoms with Crippen LogP contribution in [0.1, 0.15) is 36.3 Å². The van der Waals surface area contributed by atoms with Gasteiger partial charge in [-0.05, 0) is 36.9 Å². The fourth-order valence-electron chi connectivity index (χ4n) is 2.79. The number of carboxylic acids is 1. The van der Waals surface area contributed by atoms with Crippen molar-refractivity contribution in [1.82, 2.24) is 5.32 Å². The molecule has 0 saturated heterocycles. The van der Waals surface area contributed by atoms with Crippen molar-refractivity contribution in [3.63, 3.8) is 0 Å². The molecule has 0 heterocycles. The number of amides is 1. The van der Waals surface area contributed by atoms with Crippen LogP contribution in [0.4, 0.5) is 0 Å². The summed E-state index contributed by atoms with van der Waals surface area (Å²) in [5.41, 5.74) is 7.12. The predicted octanol–water partition coefficient (Wildman–Crippen LogP) is 2.52. The topological polar surface area (TPSA) is 92.4 Å². The number of nitrogens with two attached hydrogens (primary N) is 1. The molecule has 1 amide bonds. The SMILES string of the molecule is NCCCCC(NC(=O)C(c1ccccc1)c1ccccc1)C(=O)O. The third-order valence-corrected chi connectivity index (χ3v) is 4.09. The number of unbranched alkanes of at least 4 members (excludes halogenated alkanes) is 1. The van der Waals surface area contributed by atoms with Crippen molar-refractivity contribution in [1.29, 1.82) is 0 Å². The van der Waals surface area contributed by atoms with Crippen LogP contribution in [0.15, 0.2) is 60.7 Å². The molecule has 1 atom stereocenters.